The van der Waals surface area contributed by atoms with Gasteiger partial charge in [0.2, 0.25) is 0 Å². The molecule has 0 radical (unpaired) electrons. The topological polar surface area (TPSA) is 55.3 Å². The molecule has 0 spiro atoms. The van der Waals surface area contributed by atoms with Gasteiger partial charge in [0, 0.05) is 24.9 Å². The predicted octanol–water partition coefficient (Wildman–Crippen LogP) is 9.33. The van der Waals surface area contributed by atoms with Crippen LogP contribution in [0.25, 0.3) is 32.0 Å². The average Bonchev–Trinajstić information content (AvgIpc) is 3.74. The Morgan fingerprint density at radius 1 is 0.769 bits per heavy atom. The Kier molecular flexibility index (Phi) is 7.29. The Hall–Kier alpha value is -3.03. The summed E-state index contributed by atoms with van der Waals surface area (Å²) in [5.41, 5.74) is 4.28. The summed E-state index contributed by atoms with van der Waals surface area (Å²) in [5, 5.41) is 2.28. The molecule has 1 saturated carbocycles. The molecule has 1 atom stereocenters. The third-order valence-electron chi connectivity index (χ3n) is 7.59. The summed E-state index contributed by atoms with van der Waals surface area (Å²) in [6.07, 6.45) is 10.9. The second kappa shape index (κ2) is 10.9. The first-order valence-corrected chi connectivity index (χ1v) is 15.6. The number of carbonyl (C=O) groups excluding carboxylic acids is 1. The molecular formula is C32H35N3O2S2. The van der Waals surface area contributed by atoms with Crippen molar-refractivity contribution in [2.75, 3.05) is 6.54 Å². The number of carbonyl (C=O) groups is 1. The number of thiazole rings is 2. The number of rotatable bonds is 5. The van der Waals surface area contributed by atoms with Crippen molar-refractivity contribution in [1.82, 2.24) is 14.9 Å². The van der Waals surface area contributed by atoms with Crippen molar-refractivity contribution in [3.63, 3.8) is 0 Å². The Bertz CT molecular complexity index is 1430. The van der Waals surface area contributed by atoms with Crippen LogP contribution in [0, 0.1) is 0 Å². The van der Waals surface area contributed by atoms with E-state index >= 15 is 0 Å². The van der Waals surface area contributed by atoms with Crippen molar-refractivity contribution >= 4 is 28.8 Å². The van der Waals surface area contributed by atoms with Gasteiger partial charge in [-0.15, -0.1) is 22.7 Å². The van der Waals surface area contributed by atoms with Crippen LogP contribution in [0.3, 0.4) is 0 Å². The van der Waals surface area contributed by atoms with Gasteiger partial charge >= 0.3 is 6.09 Å². The van der Waals surface area contributed by atoms with Crippen LogP contribution in [0.5, 0.6) is 0 Å². The molecule has 3 heterocycles. The lowest BCUT2D eigenvalue weighted by molar-refractivity contribution is 0.0224. The zero-order valence-electron chi connectivity index (χ0n) is 22.9. The molecule has 39 heavy (non-hydrogen) atoms. The predicted molar refractivity (Wildman–Crippen MR) is 160 cm³/mol. The van der Waals surface area contributed by atoms with E-state index < -0.39 is 5.60 Å². The van der Waals surface area contributed by atoms with Crippen molar-refractivity contribution in [3.05, 3.63) is 70.9 Å². The number of hydrogen-bond donors (Lipinski definition) is 0. The zero-order chi connectivity index (χ0) is 27.0. The van der Waals surface area contributed by atoms with Crippen molar-refractivity contribution in [2.45, 2.75) is 76.9 Å². The van der Waals surface area contributed by atoms with Gasteiger partial charge in [0.1, 0.15) is 10.6 Å². The highest BCUT2D eigenvalue weighted by atomic mass is 32.1. The normalized spacial score (nSPS) is 18.1. The summed E-state index contributed by atoms with van der Waals surface area (Å²) >= 11 is 3.52. The summed E-state index contributed by atoms with van der Waals surface area (Å²) in [4.78, 5) is 26.4. The molecule has 2 aromatic heterocycles. The zero-order valence-corrected chi connectivity index (χ0v) is 24.5. The van der Waals surface area contributed by atoms with Crippen LogP contribution >= 0.6 is 22.7 Å². The van der Waals surface area contributed by atoms with Crippen molar-refractivity contribution in [2.24, 2.45) is 0 Å². The van der Waals surface area contributed by atoms with Gasteiger partial charge < -0.3 is 4.74 Å². The van der Waals surface area contributed by atoms with E-state index in [1.807, 2.05) is 49.4 Å². The highest BCUT2D eigenvalue weighted by Gasteiger charge is 2.35. The maximum atomic E-state index is 12.7. The second-order valence-corrected chi connectivity index (χ2v) is 13.7. The number of aromatic nitrogens is 2. The first kappa shape index (κ1) is 26.2. The highest BCUT2D eigenvalue weighted by Crippen LogP contribution is 2.40. The van der Waals surface area contributed by atoms with E-state index in [1.54, 1.807) is 11.3 Å². The van der Waals surface area contributed by atoms with Crippen LogP contribution in [-0.2, 0) is 4.74 Å². The summed E-state index contributed by atoms with van der Waals surface area (Å²) in [6, 6.07) is 17.5. The molecular weight excluding hydrogens is 523 g/mol. The number of likely N-dealkylation sites (tertiary alicyclic amines) is 1. The Balaban J connectivity index is 1.13. The molecule has 7 heteroatoms. The highest BCUT2D eigenvalue weighted by molar-refractivity contribution is 7.15. The van der Waals surface area contributed by atoms with Gasteiger partial charge in [0.05, 0.1) is 20.8 Å². The van der Waals surface area contributed by atoms with Gasteiger partial charge in [-0.25, -0.2) is 14.8 Å². The summed E-state index contributed by atoms with van der Waals surface area (Å²) < 4.78 is 5.64. The molecule has 5 nitrogen and oxygen atoms in total. The van der Waals surface area contributed by atoms with Crippen molar-refractivity contribution in [3.8, 4) is 32.0 Å². The van der Waals surface area contributed by atoms with Gasteiger partial charge in [0.15, 0.2) is 0 Å². The number of benzene rings is 2. The van der Waals surface area contributed by atoms with E-state index in [-0.39, 0.29) is 12.1 Å². The summed E-state index contributed by atoms with van der Waals surface area (Å²) in [7, 11) is 0. The third-order valence-corrected chi connectivity index (χ3v) is 9.95. The molecule has 1 aliphatic heterocycles. The third kappa shape index (κ3) is 5.80. The average molecular weight is 558 g/mol. The molecule has 2 fully saturated rings. The monoisotopic (exact) mass is 557 g/mol. The second-order valence-electron chi connectivity index (χ2n) is 11.6. The molecule has 4 aromatic rings. The number of amides is 1. The molecule has 0 bridgehead atoms. The minimum absolute atomic E-state index is 0.0100. The van der Waals surface area contributed by atoms with Gasteiger partial charge in [-0.2, -0.15) is 0 Å². The van der Waals surface area contributed by atoms with E-state index in [0.29, 0.717) is 12.5 Å². The minimum atomic E-state index is -0.500. The maximum absolute atomic E-state index is 12.7. The Morgan fingerprint density at radius 2 is 1.28 bits per heavy atom. The summed E-state index contributed by atoms with van der Waals surface area (Å²) in [6.45, 7) is 6.43. The number of nitrogens with zero attached hydrogens (tertiary/aromatic N) is 3. The van der Waals surface area contributed by atoms with E-state index in [0.717, 1.165) is 28.3 Å². The fraction of sp³-hybridized carbons (Fsp3) is 0.406. The van der Waals surface area contributed by atoms with Gasteiger partial charge in [0.25, 0.3) is 0 Å². The molecule has 1 saturated heterocycles. The fourth-order valence-electron chi connectivity index (χ4n) is 5.57. The number of hydrogen-bond acceptors (Lipinski definition) is 6. The molecule has 2 aliphatic rings. The molecule has 6 rings (SSSR count). The lowest BCUT2D eigenvalue weighted by Crippen LogP contribution is -2.36. The van der Waals surface area contributed by atoms with E-state index in [2.05, 4.69) is 48.5 Å². The van der Waals surface area contributed by atoms with Gasteiger partial charge in [-0.1, -0.05) is 61.4 Å². The molecule has 0 unspecified atom stereocenters. The molecule has 1 aliphatic carbocycles. The lowest BCUT2D eigenvalue weighted by atomic mass is 10.0. The molecule has 202 valence electrons. The van der Waals surface area contributed by atoms with Crippen LogP contribution in [0.2, 0.25) is 0 Å². The van der Waals surface area contributed by atoms with E-state index in [9.17, 15) is 4.79 Å². The fourth-order valence-corrected chi connectivity index (χ4v) is 7.74. The maximum Gasteiger partial charge on any atom is 0.410 e. The first-order valence-electron chi connectivity index (χ1n) is 14.0. The Morgan fingerprint density at radius 3 is 1.85 bits per heavy atom. The quantitative estimate of drug-likeness (QED) is 0.245. The van der Waals surface area contributed by atoms with Crippen LogP contribution < -0.4 is 0 Å². The number of ether oxygens (including phenoxy) is 1. The van der Waals surface area contributed by atoms with E-state index in [1.165, 1.54) is 52.3 Å². The standard InChI is InChI=1S/C32H35N3O2S2/c1-32(2,3)37-31(36)35-18-6-9-26(35)30-34-20-28(39-30)24-16-12-22(13-17-24)21-10-14-23(15-11-21)27-19-33-29(38-27)25-7-4-5-8-25/h10-17,19-20,25-26H,4-9,18H2,1-3H3/t26-/m0/s1. The van der Waals surface area contributed by atoms with E-state index in [4.69, 9.17) is 14.7 Å². The van der Waals surface area contributed by atoms with Gasteiger partial charge in [-0.3, -0.25) is 4.90 Å². The molecule has 1 amide bonds. The van der Waals surface area contributed by atoms with Crippen LogP contribution in [-0.4, -0.2) is 33.1 Å². The lowest BCUT2D eigenvalue weighted by Gasteiger charge is -2.27. The van der Waals surface area contributed by atoms with Crippen LogP contribution in [0.1, 0.15) is 81.3 Å². The molecule has 2 aromatic carbocycles. The van der Waals surface area contributed by atoms with Crippen LogP contribution in [0.4, 0.5) is 4.79 Å². The van der Waals surface area contributed by atoms with Gasteiger partial charge in [-0.05, 0) is 68.7 Å². The largest absolute Gasteiger partial charge is 0.444 e. The smallest absolute Gasteiger partial charge is 0.410 e. The minimum Gasteiger partial charge on any atom is -0.444 e. The SMILES string of the molecule is CC(C)(C)OC(=O)N1CCC[C@H]1c1ncc(-c2ccc(-c3ccc(-c4cnc(C5CCCC5)s4)cc3)cc2)s1. The van der Waals surface area contributed by atoms with Crippen LogP contribution in [0.15, 0.2) is 60.9 Å². The van der Waals surface area contributed by atoms with Crippen molar-refractivity contribution < 1.29 is 9.53 Å². The first-order chi connectivity index (χ1) is 18.8. The van der Waals surface area contributed by atoms with Crippen molar-refractivity contribution in [1.29, 1.82) is 0 Å². The Labute approximate surface area is 238 Å². The summed E-state index contributed by atoms with van der Waals surface area (Å²) in [5.74, 6) is 0.665. The molecule has 0 N–H and O–H groups in total.